The van der Waals surface area contributed by atoms with Crippen LogP contribution in [0.3, 0.4) is 0 Å². The molecule has 3 aromatic rings. The molecule has 2 N–H and O–H groups in total. The zero-order chi connectivity index (χ0) is 24.7. The van der Waals surface area contributed by atoms with Gasteiger partial charge in [0.25, 0.3) is 5.91 Å². The lowest BCUT2D eigenvalue weighted by molar-refractivity contribution is -0.114. The van der Waals surface area contributed by atoms with E-state index in [0.29, 0.717) is 11.4 Å². The van der Waals surface area contributed by atoms with E-state index >= 15 is 0 Å². The van der Waals surface area contributed by atoms with Gasteiger partial charge in [0.15, 0.2) is 0 Å². The van der Waals surface area contributed by atoms with Gasteiger partial charge in [-0.15, -0.1) is 0 Å². The Kier molecular flexibility index (Phi) is 8.07. The van der Waals surface area contributed by atoms with Crippen molar-refractivity contribution in [3.63, 3.8) is 0 Å². The zero-order valence-corrected chi connectivity index (χ0v) is 20.3. The quantitative estimate of drug-likeness (QED) is 0.482. The molecular weight excluding hydrogens is 450 g/mol. The Hall–Kier alpha value is -3.65. The Bertz CT molecular complexity index is 1240. The molecule has 8 heteroatoms. The summed E-state index contributed by atoms with van der Waals surface area (Å²) in [6, 6.07) is 23.0. The minimum absolute atomic E-state index is 0.232. The monoisotopic (exact) mass is 479 g/mol. The molecule has 0 spiro atoms. The summed E-state index contributed by atoms with van der Waals surface area (Å²) in [5.41, 5.74) is 3.01. The molecule has 7 nitrogen and oxygen atoms in total. The molecule has 34 heavy (non-hydrogen) atoms. The summed E-state index contributed by atoms with van der Waals surface area (Å²) in [6.45, 7) is 3.47. The first-order valence-corrected chi connectivity index (χ1v) is 12.8. The van der Waals surface area contributed by atoms with E-state index in [0.717, 1.165) is 28.1 Å². The maximum Gasteiger partial charge on any atom is 0.253 e. The van der Waals surface area contributed by atoms with Gasteiger partial charge in [0.2, 0.25) is 15.9 Å². The van der Waals surface area contributed by atoms with Gasteiger partial charge in [-0.2, -0.15) is 0 Å². The average molecular weight is 480 g/mol. The average Bonchev–Trinajstić information content (AvgIpc) is 2.82. The second kappa shape index (κ2) is 11.0. The molecule has 0 fully saturated rings. The van der Waals surface area contributed by atoms with Gasteiger partial charge in [0, 0.05) is 0 Å². The maximum atomic E-state index is 12.9. The van der Waals surface area contributed by atoms with Gasteiger partial charge in [-0.1, -0.05) is 61.5 Å². The van der Waals surface area contributed by atoms with Crippen LogP contribution in [0.15, 0.2) is 78.9 Å². The summed E-state index contributed by atoms with van der Waals surface area (Å²) >= 11 is 0. The molecule has 3 aromatic carbocycles. The number of nitrogens with one attached hydrogen (secondary N) is 2. The van der Waals surface area contributed by atoms with Crippen LogP contribution in [0.2, 0.25) is 0 Å². The second-order valence-corrected chi connectivity index (χ2v) is 9.90. The lowest BCUT2D eigenvalue weighted by Gasteiger charge is -2.22. The highest BCUT2D eigenvalue weighted by atomic mass is 32.2. The maximum absolute atomic E-state index is 12.9. The number of para-hydroxylation sites is 1. The van der Waals surface area contributed by atoms with Crippen LogP contribution in [0.1, 0.15) is 41.4 Å². The van der Waals surface area contributed by atoms with Gasteiger partial charge < -0.3 is 10.6 Å². The number of anilines is 2. The molecule has 0 heterocycles. The van der Waals surface area contributed by atoms with Crippen LogP contribution in [-0.2, 0) is 21.2 Å². The number of aryl methyl sites for hydroxylation is 1. The van der Waals surface area contributed by atoms with E-state index in [1.54, 1.807) is 36.4 Å². The highest BCUT2D eigenvalue weighted by Gasteiger charge is 2.22. The SMILES string of the molecule is CCc1ccc(N(CC(=O)Nc2ccccc2C(=O)N[C@H](C)c2ccccc2)S(C)(=O)=O)cc1. The first-order chi connectivity index (χ1) is 16.2. The summed E-state index contributed by atoms with van der Waals surface area (Å²) in [5, 5.41) is 5.62. The highest BCUT2D eigenvalue weighted by Crippen LogP contribution is 2.21. The number of amides is 2. The van der Waals surface area contributed by atoms with E-state index < -0.39 is 22.5 Å². The van der Waals surface area contributed by atoms with E-state index in [4.69, 9.17) is 0 Å². The first kappa shape index (κ1) is 25.0. The lowest BCUT2D eigenvalue weighted by Crippen LogP contribution is -2.37. The van der Waals surface area contributed by atoms with Crippen molar-refractivity contribution in [2.75, 3.05) is 22.4 Å². The molecule has 178 valence electrons. The van der Waals surface area contributed by atoms with Crippen molar-refractivity contribution in [2.24, 2.45) is 0 Å². The predicted octanol–water partition coefficient (Wildman–Crippen LogP) is 4.14. The molecule has 0 aliphatic heterocycles. The molecule has 0 bridgehead atoms. The Balaban J connectivity index is 1.75. The van der Waals surface area contributed by atoms with Gasteiger partial charge >= 0.3 is 0 Å². The summed E-state index contributed by atoms with van der Waals surface area (Å²) in [7, 11) is -3.70. The van der Waals surface area contributed by atoms with Crippen LogP contribution in [-0.4, -0.2) is 33.0 Å². The molecule has 0 radical (unpaired) electrons. The van der Waals surface area contributed by atoms with Gasteiger partial charge in [-0.3, -0.25) is 13.9 Å². The van der Waals surface area contributed by atoms with Crippen molar-refractivity contribution in [1.29, 1.82) is 0 Å². The fraction of sp³-hybridized carbons (Fsp3) is 0.231. The van der Waals surface area contributed by atoms with E-state index in [-0.39, 0.29) is 17.5 Å². The fourth-order valence-corrected chi connectivity index (χ4v) is 4.36. The number of hydrogen-bond donors (Lipinski definition) is 2. The summed E-state index contributed by atoms with van der Waals surface area (Å²) in [6.07, 6.45) is 1.88. The smallest absolute Gasteiger partial charge is 0.253 e. The van der Waals surface area contributed by atoms with E-state index in [1.807, 2.05) is 56.3 Å². The largest absolute Gasteiger partial charge is 0.345 e. The molecule has 0 saturated heterocycles. The Morgan fingerprint density at radius 2 is 1.53 bits per heavy atom. The van der Waals surface area contributed by atoms with Gasteiger partial charge in [0.05, 0.1) is 29.2 Å². The third kappa shape index (κ3) is 6.45. The Morgan fingerprint density at radius 1 is 0.912 bits per heavy atom. The minimum Gasteiger partial charge on any atom is -0.345 e. The molecule has 0 unspecified atom stereocenters. The Morgan fingerprint density at radius 3 is 2.15 bits per heavy atom. The second-order valence-electron chi connectivity index (χ2n) is 7.99. The van der Waals surface area contributed by atoms with Crippen molar-refractivity contribution in [1.82, 2.24) is 5.32 Å². The number of sulfonamides is 1. The van der Waals surface area contributed by atoms with Crippen LogP contribution in [0.25, 0.3) is 0 Å². The number of benzene rings is 3. The molecule has 1 atom stereocenters. The van der Waals surface area contributed by atoms with Crippen molar-refractivity contribution >= 4 is 33.2 Å². The normalized spacial score (nSPS) is 12.0. The highest BCUT2D eigenvalue weighted by molar-refractivity contribution is 7.92. The van der Waals surface area contributed by atoms with Crippen molar-refractivity contribution < 1.29 is 18.0 Å². The third-order valence-corrected chi connectivity index (χ3v) is 6.55. The van der Waals surface area contributed by atoms with Gasteiger partial charge in [0.1, 0.15) is 6.54 Å². The molecular formula is C26H29N3O4S. The van der Waals surface area contributed by atoms with Crippen LogP contribution >= 0.6 is 0 Å². The lowest BCUT2D eigenvalue weighted by atomic mass is 10.1. The Labute approximate surface area is 200 Å². The van der Waals surface area contributed by atoms with Gasteiger partial charge in [-0.25, -0.2) is 8.42 Å². The standard InChI is InChI=1S/C26H29N3O4S/c1-4-20-14-16-22(17-15-20)29(34(3,32)33)18-25(30)28-24-13-9-8-12-23(24)26(31)27-19(2)21-10-6-5-7-11-21/h5-17,19H,4,18H2,1-3H3,(H,27,31)(H,28,30)/t19-/m1/s1. The number of carbonyl (C=O) groups excluding carboxylic acids is 2. The van der Waals surface area contributed by atoms with Crippen LogP contribution in [0.5, 0.6) is 0 Å². The molecule has 3 rings (SSSR count). The van der Waals surface area contributed by atoms with E-state index in [1.165, 1.54) is 0 Å². The summed E-state index contributed by atoms with van der Waals surface area (Å²) < 4.78 is 25.8. The molecule has 0 aromatic heterocycles. The van der Waals surface area contributed by atoms with Crippen molar-refractivity contribution in [3.05, 3.63) is 95.6 Å². The number of hydrogen-bond acceptors (Lipinski definition) is 4. The number of rotatable bonds is 9. The topological polar surface area (TPSA) is 95.6 Å². The molecule has 0 aliphatic carbocycles. The molecule has 2 amide bonds. The number of carbonyl (C=O) groups is 2. The van der Waals surface area contributed by atoms with Gasteiger partial charge in [-0.05, 0) is 48.7 Å². The predicted molar refractivity (Wildman–Crippen MR) is 135 cm³/mol. The number of nitrogens with zero attached hydrogens (tertiary/aromatic N) is 1. The summed E-state index contributed by atoms with van der Waals surface area (Å²) in [4.78, 5) is 25.8. The van der Waals surface area contributed by atoms with Crippen LogP contribution in [0, 0.1) is 0 Å². The van der Waals surface area contributed by atoms with Crippen molar-refractivity contribution in [2.45, 2.75) is 26.3 Å². The zero-order valence-electron chi connectivity index (χ0n) is 19.5. The van der Waals surface area contributed by atoms with Crippen molar-refractivity contribution in [3.8, 4) is 0 Å². The van der Waals surface area contributed by atoms with Crippen LogP contribution < -0.4 is 14.9 Å². The molecule has 0 aliphatic rings. The van der Waals surface area contributed by atoms with E-state index in [9.17, 15) is 18.0 Å². The minimum atomic E-state index is -3.70. The fourth-order valence-electron chi connectivity index (χ4n) is 3.51. The van der Waals surface area contributed by atoms with E-state index in [2.05, 4.69) is 10.6 Å². The molecule has 0 saturated carbocycles. The van der Waals surface area contributed by atoms with Crippen LogP contribution in [0.4, 0.5) is 11.4 Å². The first-order valence-electron chi connectivity index (χ1n) is 11.0. The third-order valence-electron chi connectivity index (χ3n) is 5.41. The summed E-state index contributed by atoms with van der Waals surface area (Å²) in [5.74, 6) is -0.899.